The number of benzene rings is 1. The first-order valence-electron chi connectivity index (χ1n) is 11.0. The SMILES string of the molecule is CCCS(=O)(=O)N1CCN(C2(C(NC(=O)c3ccccc3)OC)CC(F)CC2C)CC1.Cl. The first-order chi connectivity index (χ1) is 14.7. The Morgan fingerprint density at radius 1 is 1.25 bits per heavy atom. The summed E-state index contributed by atoms with van der Waals surface area (Å²) in [4.78, 5) is 15.0. The molecule has 182 valence electrons. The van der Waals surface area contributed by atoms with Crippen LogP contribution in [0.15, 0.2) is 30.3 Å². The van der Waals surface area contributed by atoms with Gasteiger partial charge in [0.25, 0.3) is 5.91 Å². The average Bonchev–Trinajstić information content (AvgIpc) is 3.07. The second-order valence-electron chi connectivity index (χ2n) is 8.59. The number of hydrogen-bond acceptors (Lipinski definition) is 5. The highest BCUT2D eigenvalue weighted by Gasteiger charge is 2.56. The number of rotatable bonds is 8. The lowest BCUT2D eigenvalue weighted by Gasteiger charge is -2.51. The van der Waals surface area contributed by atoms with E-state index in [-0.39, 0.29) is 36.4 Å². The van der Waals surface area contributed by atoms with E-state index in [1.807, 2.05) is 19.9 Å². The molecule has 2 fully saturated rings. The van der Waals surface area contributed by atoms with Gasteiger partial charge in [-0.2, -0.15) is 4.31 Å². The molecule has 1 saturated carbocycles. The van der Waals surface area contributed by atoms with Gasteiger partial charge in [0.15, 0.2) is 0 Å². The van der Waals surface area contributed by atoms with Crippen LogP contribution in [0.25, 0.3) is 0 Å². The summed E-state index contributed by atoms with van der Waals surface area (Å²) in [6.45, 7) is 5.50. The molecule has 0 radical (unpaired) electrons. The third-order valence-electron chi connectivity index (χ3n) is 6.68. The van der Waals surface area contributed by atoms with Crippen molar-refractivity contribution >= 4 is 28.3 Å². The smallest absolute Gasteiger partial charge is 0.253 e. The minimum Gasteiger partial charge on any atom is -0.360 e. The summed E-state index contributed by atoms with van der Waals surface area (Å²) < 4.78 is 46.9. The Kier molecular flexibility index (Phi) is 9.48. The molecular formula is C22H35ClFN3O4S. The minimum absolute atomic E-state index is 0. The zero-order chi connectivity index (χ0) is 22.6. The van der Waals surface area contributed by atoms with Crippen LogP contribution < -0.4 is 5.32 Å². The summed E-state index contributed by atoms with van der Waals surface area (Å²) in [6.07, 6.45) is -0.513. The van der Waals surface area contributed by atoms with Gasteiger partial charge in [0.05, 0.1) is 11.3 Å². The molecule has 0 spiro atoms. The molecule has 10 heteroatoms. The Morgan fingerprint density at radius 3 is 2.38 bits per heavy atom. The van der Waals surface area contributed by atoms with E-state index in [1.165, 1.54) is 11.4 Å². The fraction of sp³-hybridized carbons (Fsp3) is 0.682. The van der Waals surface area contributed by atoms with Crippen molar-refractivity contribution in [2.75, 3.05) is 39.0 Å². The maximum atomic E-state index is 14.6. The van der Waals surface area contributed by atoms with Gasteiger partial charge in [-0.05, 0) is 30.9 Å². The Hall–Kier alpha value is -1.26. The predicted octanol–water partition coefficient (Wildman–Crippen LogP) is 2.67. The third-order valence-corrected chi connectivity index (χ3v) is 8.76. The summed E-state index contributed by atoms with van der Waals surface area (Å²) >= 11 is 0. The first-order valence-corrected chi connectivity index (χ1v) is 12.6. The second kappa shape index (κ2) is 11.2. The molecule has 2 aliphatic rings. The molecule has 1 aliphatic carbocycles. The monoisotopic (exact) mass is 491 g/mol. The molecule has 0 aromatic heterocycles. The fourth-order valence-electron chi connectivity index (χ4n) is 5.15. The number of nitrogens with zero attached hydrogens (tertiary/aromatic N) is 2. The Balaban J connectivity index is 0.00000363. The predicted molar refractivity (Wildman–Crippen MR) is 125 cm³/mol. The number of methoxy groups -OCH3 is 1. The normalized spacial score (nSPS) is 28.1. The van der Waals surface area contributed by atoms with E-state index in [9.17, 15) is 17.6 Å². The van der Waals surface area contributed by atoms with Crippen molar-refractivity contribution in [3.05, 3.63) is 35.9 Å². The van der Waals surface area contributed by atoms with Crippen molar-refractivity contribution in [1.82, 2.24) is 14.5 Å². The molecule has 7 nitrogen and oxygen atoms in total. The lowest BCUT2D eigenvalue weighted by molar-refractivity contribution is -0.0947. The van der Waals surface area contributed by atoms with E-state index in [2.05, 4.69) is 10.2 Å². The molecule has 1 N–H and O–H groups in total. The molecule has 0 bridgehead atoms. The number of nitrogens with one attached hydrogen (secondary N) is 1. The van der Waals surface area contributed by atoms with Crippen LogP contribution in [0.2, 0.25) is 0 Å². The highest BCUT2D eigenvalue weighted by atomic mass is 35.5. The van der Waals surface area contributed by atoms with Crippen molar-refractivity contribution < 1.29 is 22.3 Å². The first kappa shape index (κ1) is 27.0. The summed E-state index contributed by atoms with van der Waals surface area (Å²) in [5, 5.41) is 2.97. The van der Waals surface area contributed by atoms with Crippen LogP contribution in [-0.4, -0.2) is 80.5 Å². The van der Waals surface area contributed by atoms with Gasteiger partial charge >= 0.3 is 0 Å². The highest BCUT2D eigenvalue weighted by Crippen LogP contribution is 2.45. The van der Waals surface area contributed by atoms with Crippen LogP contribution in [0.1, 0.15) is 43.5 Å². The number of sulfonamides is 1. The van der Waals surface area contributed by atoms with Crippen molar-refractivity contribution in [2.45, 2.75) is 51.0 Å². The molecule has 1 aliphatic heterocycles. The standard InChI is InChI=1S/C22H34FN3O4S.ClH/c1-4-14-31(28,29)26-12-10-25(11-13-26)22(16-19(23)15-17(22)2)21(30-3)24-20(27)18-8-6-5-7-9-18;/h5-9,17,19,21H,4,10-16H2,1-3H3,(H,24,27);1H. The summed E-state index contributed by atoms with van der Waals surface area (Å²) in [5.41, 5.74) is -0.225. The van der Waals surface area contributed by atoms with Gasteiger partial charge in [-0.15, -0.1) is 12.4 Å². The molecule has 1 aromatic carbocycles. The van der Waals surface area contributed by atoms with Crippen LogP contribution in [0.3, 0.4) is 0 Å². The largest absolute Gasteiger partial charge is 0.360 e. The number of amides is 1. The number of piperazine rings is 1. The lowest BCUT2D eigenvalue weighted by Crippen LogP contribution is -2.68. The Morgan fingerprint density at radius 2 is 1.88 bits per heavy atom. The van der Waals surface area contributed by atoms with E-state index >= 15 is 0 Å². The van der Waals surface area contributed by atoms with Gasteiger partial charge in [0.1, 0.15) is 12.4 Å². The van der Waals surface area contributed by atoms with Crippen LogP contribution in [0.5, 0.6) is 0 Å². The van der Waals surface area contributed by atoms with Gasteiger partial charge in [-0.1, -0.05) is 32.0 Å². The van der Waals surface area contributed by atoms with Crippen LogP contribution in [0.4, 0.5) is 4.39 Å². The topological polar surface area (TPSA) is 79.0 Å². The van der Waals surface area contributed by atoms with Crippen molar-refractivity contribution in [3.63, 3.8) is 0 Å². The van der Waals surface area contributed by atoms with E-state index in [0.29, 0.717) is 44.6 Å². The lowest BCUT2D eigenvalue weighted by atomic mass is 9.83. The van der Waals surface area contributed by atoms with E-state index in [4.69, 9.17) is 4.74 Å². The number of alkyl halides is 1. The van der Waals surface area contributed by atoms with Gasteiger partial charge in [-0.3, -0.25) is 9.69 Å². The molecular weight excluding hydrogens is 457 g/mol. The fourth-order valence-corrected chi connectivity index (χ4v) is 6.64. The van der Waals surface area contributed by atoms with E-state index in [0.717, 1.165) is 0 Å². The van der Waals surface area contributed by atoms with Crippen molar-refractivity contribution in [3.8, 4) is 0 Å². The minimum atomic E-state index is -3.27. The van der Waals surface area contributed by atoms with Crippen molar-refractivity contribution in [1.29, 1.82) is 0 Å². The van der Waals surface area contributed by atoms with E-state index in [1.54, 1.807) is 24.3 Å². The molecule has 1 saturated heterocycles. The third kappa shape index (κ3) is 5.44. The van der Waals surface area contributed by atoms with E-state index < -0.39 is 28.0 Å². The Bertz CT molecular complexity index is 852. The molecule has 1 amide bonds. The maximum absolute atomic E-state index is 14.6. The highest BCUT2D eigenvalue weighted by molar-refractivity contribution is 7.89. The number of hydrogen-bond donors (Lipinski definition) is 1. The summed E-state index contributed by atoms with van der Waals surface area (Å²) in [5.74, 6) is -0.206. The number of halogens is 2. The van der Waals surface area contributed by atoms with Gasteiger partial charge in [0.2, 0.25) is 10.0 Å². The quantitative estimate of drug-likeness (QED) is 0.566. The van der Waals surface area contributed by atoms with Crippen LogP contribution in [-0.2, 0) is 14.8 Å². The number of carbonyl (C=O) groups is 1. The molecule has 4 atom stereocenters. The summed E-state index contributed by atoms with van der Waals surface area (Å²) in [7, 11) is -1.75. The molecule has 3 rings (SSSR count). The number of carbonyl (C=O) groups excluding carboxylic acids is 1. The Labute approximate surface area is 197 Å². The molecule has 1 heterocycles. The van der Waals surface area contributed by atoms with Gasteiger partial charge < -0.3 is 10.1 Å². The van der Waals surface area contributed by atoms with Gasteiger partial charge in [0, 0.05) is 45.3 Å². The molecule has 32 heavy (non-hydrogen) atoms. The summed E-state index contributed by atoms with van der Waals surface area (Å²) in [6, 6.07) is 8.87. The second-order valence-corrected chi connectivity index (χ2v) is 10.7. The molecule has 1 aromatic rings. The van der Waals surface area contributed by atoms with Crippen LogP contribution in [0, 0.1) is 5.92 Å². The zero-order valence-corrected chi connectivity index (χ0v) is 20.6. The number of ether oxygens (including phenoxy) is 1. The maximum Gasteiger partial charge on any atom is 0.253 e. The van der Waals surface area contributed by atoms with Crippen molar-refractivity contribution in [2.24, 2.45) is 5.92 Å². The average molecular weight is 492 g/mol. The van der Waals surface area contributed by atoms with Crippen LogP contribution >= 0.6 is 12.4 Å². The molecule has 4 unspecified atom stereocenters. The van der Waals surface area contributed by atoms with Gasteiger partial charge in [-0.25, -0.2) is 12.8 Å². The zero-order valence-electron chi connectivity index (χ0n) is 19.0.